The predicted molar refractivity (Wildman–Crippen MR) is 147 cm³/mol. The van der Waals surface area contributed by atoms with Crippen LogP contribution in [0.1, 0.15) is 37.3 Å². The second-order valence-corrected chi connectivity index (χ2v) is 10.6. The highest BCUT2D eigenvalue weighted by atomic mass is 16.5. The predicted octanol–water partition coefficient (Wildman–Crippen LogP) is 2.14. The lowest BCUT2D eigenvalue weighted by molar-refractivity contribution is -0.122. The van der Waals surface area contributed by atoms with Gasteiger partial charge in [0.15, 0.2) is 22.4 Å². The van der Waals surface area contributed by atoms with E-state index in [1.807, 2.05) is 0 Å². The van der Waals surface area contributed by atoms with Crippen LogP contribution in [-0.2, 0) is 14.9 Å². The van der Waals surface area contributed by atoms with Gasteiger partial charge in [-0.3, -0.25) is 14.4 Å². The van der Waals surface area contributed by atoms with Crippen molar-refractivity contribution in [2.45, 2.75) is 43.8 Å². The minimum absolute atomic E-state index is 0.0342. The minimum Gasteiger partial charge on any atom is -0.509 e. The first-order valence-corrected chi connectivity index (χ1v) is 12.7. The van der Waals surface area contributed by atoms with Crippen molar-refractivity contribution in [1.29, 1.82) is 0 Å². The Labute approximate surface area is 227 Å². The Morgan fingerprint density at radius 3 is 2.02 bits per heavy atom. The summed E-state index contributed by atoms with van der Waals surface area (Å²) < 4.78 is 22.9. The molecule has 4 aromatic rings. The second kappa shape index (κ2) is 8.42. The summed E-state index contributed by atoms with van der Waals surface area (Å²) in [5, 5.41) is 35.8. The number of aliphatic hydroxyl groups is 2. The molecule has 0 heterocycles. The van der Waals surface area contributed by atoms with E-state index in [1.165, 1.54) is 47.5 Å². The Bertz CT molecular complexity index is 1960. The van der Waals surface area contributed by atoms with Crippen LogP contribution < -0.4 is 30.3 Å². The van der Waals surface area contributed by atoms with E-state index >= 15 is 0 Å². The average molecular weight is 549 g/mol. The standard InChI is InChI=1S/C30H28O10/c1-10(31)9-30-24(11(2)32)23-22-20-16(26(35)28(23)39-5)12(33)7-14(37-3)18(20)19-15(38-4)8-13(34)17(21(19)25(22)30)27(36)29(30)40-6/h7-8,10,24,29,31,35-36H,9H2,1-6H3/t10-,24-,29-,30-/m1/s1. The molecule has 0 bridgehead atoms. The van der Waals surface area contributed by atoms with Crippen molar-refractivity contribution >= 4 is 43.9 Å². The molecule has 10 heteroatoms. The number of benzene rings is 4. The minimum atomic E-state index is -1.44. The lowest BCUT2D eigenvalue weighted by atomic mass is 9.61. The van der Waals surface area contributed by atoms with Gasteiger partial charge in [-0.2, -0.15) is 0 Å². The molecule has 2 aliphatic carbocycles. The Balaban J connectivity index is 2.15. The molecule has 208 valence electrons. The number of Topliss-reactive ketones (excluding diaryl/α,β-unsaturated/α-hetero) is 1. The van der Waals surface area contributed by atoms with Gasteiger partial charge in [0.1, 0.15) is 29.1 Å². The number of carbonyl (C=O) groups excluding carboxylic acids is 1. The topological polar surface area (TPSA) is 149 Å². The van der Waals surface area contributed by atoms with E-state index in [2.05, 4.69) is 0 Å². The molecule has 10 nitrogen and oxygen atoms in total. The van der Waals surface area contributed by atoms with Gasteiger partial charge in [0, 0.05) is 51.8 Å². The van der Waals surface area contributed by atoms with Crippen LogP contribution in [0.5, 0.6) is 23.0 Å². The van der Waals surface area contributed by atoms with Crippen LogP contribution in [0.2, 0.25) is 0 Å². The highest BCUT2D eigenvalue weighted by molar-refractivity contribution is 6.31. The van der Waals surface area contributed by atoms with E-state index in [0.717, 1.165) is 0 Å². The highest BCUT2D eigenvalue weighted by Gasteiger charge is 2.61. The SMILES string of the molecule is COc1c2c3c4c5c(c(=O)cc(OC)c5c5c(OC)cc(=O)c(c1O)c35)=C(O)[C@@H](OC)[C@]4(C[C@@H](C)O)[C@@H]2C(C)=O. The first kappa shape index (κ1) is 26.1. The number of methoxy groups -OCH3 is 4. The van der Waals surface area contributed by atoms with Gasteiger partial charge < -0.3 is 34.3 Å². The molecule has 0 aliphatic heterocycles. The Morgan fingerprint density at radius 1 is 0.900 bits per heavy atom. The molecule has 40 heavy (non-hydrogen) atoms. The maximum atomic E-state index is 13.7. The third-order valence-corrected chi connectivity index (χ3v) is 8.64. The number of rotatable bonds is 7. The number of hydrogen-bond acceptors (Lipinski definition) is 10. The summed E-state index contributed by atoms with van der Waals surface area (Å²) in [5.41, 5.74) is -1.80. The molecule has 0 aromatic heterocycles. The van der Waals surface area contributed by atoms with Crippen LogP contribution in [0, 0.1) is 0 Å². The highest BCUT2D eigenvalue weighted by Crippen LogP contribution is 2.65. The molecule has 4 aromatic carbocycles. The van der Waals surface area contributed by atoms with Crippen molar-refractivity contribution in [3.8, 4) is 23.0 Å². The maximum absolute atomic E-state index is 13.7. The smallest absolute Gasteiger partial charge is 0.194 e. The molecule has 0 saturated carbocycles. The fourth-order valence-corrected chi connectivity index (χ4v) is 7.66. The normalized spacial score (nSPS) is 22.0. The van der Waals surface area contributed by atoms with Crippen molar-refractivity contribution in [3.63, 3.8) is 0 Å². The van der Waals surface area contributed by atoms with Crippen molar-refractivity contribution in [2.24, 2.45) is 0 Å². The van der Waals surface area contributed by atoms with E-state index in [0.29, 0.717) is 32.5 Å². The van der Waals surface area contributed by atoms with Crippen molar-refractivity contribution in [1.82, 2.24) is 0 Å². The van der Waals surface area contributed by atoms with Gasteiger partial charge in [-0.1, -0.05) is 0 Å². The van der Waals surface area contributed by atoms with Crippen LogP contribution in [0.3, 0.4) is 0 Å². The summed E-state index contributed by atoms with van der Waals surface area (Å²) in [4.78, 5) is 40.8. The van der Waals surface area contributed by atoms with E-state index in [9.17, 15) is 29.7 Å². The molecule has 0 radical (unpaired) electrons. The zero-order chi connectivity index (χ0) is 29.0. The first-order valence-electron chi connectivity index (χ1n) is 12.7. The Hall–Kier alpha value is -4.15. The molecule has 0 unspecified atom stereocenters. The molecule has 6 rings (SSSR count). The van der Waals surface area contributed by atoms with Gasteiger partial charge in [-0.15, -0.1) is 0 Å². The van der Waals surface area contributed by atoms with E-state index in [1.54, 1.807) is 6.92 Å². The van der Waals surface area contributed by atoms with Crippen LogP contribution in [-0.4, -0.2) is 61.7 Å². The lowest BCUT2D eigenvalue weighted by Crippen LogP contribution is -2.53. The number of carbonyl (C=O) groups is 1. The van der Waals surface area contributed by atoms with Gasteiger partial charge in [0.2, 0.25) is 0 Å². The summed E-state index contributed by atoms with van der Waals surface area (Å²) in [6.07, 6.45) is -2.29. The first-order chi connectivity index (χ1) is 19.0. The number of phenolic OH excluding ortho intramolecular Hbond substituents is 1. The summed E-state index contributed by atoms with van der Waals surface area (Å²) in [6.45, 7) is 2.93. The Morgan fingerprint density at radius 2 is 1.50 bits per heavy atom. The monoisotopic (exact) mass is 548 g/mol. The van der Waals surface area contributed by atoms with Crippen molar-refractivity contribution in [2.75, 3.05) is 28.4 Å². The van der Waals surface area contributed by atoms with Gasteiger partial charge in [-0.05, 0) is 31.2 Å². The summed E-state index contributed by atoms with van der Waals surface area (Å²) in [6, 6.07) is 2.47. The van der Waals surface area contributed by atoms with E-state index in [-0.39, 0.29) is 45.6 Å². The third kappa shape index (κ3) is 2.77. The summed E-state index contributed by atoms with van der Waals surface area (Å²) in [5.74, 6) is -2.06. The molecule has 0 amide bonds. The lowest BCUT2D eigenvalue weighted by Gasteiger charge is -2.44. The third-order valence-electron chi connectivity index (χ3n) is 8.64. The molecule has 3 N–H and O–H groups in total. The average Bonchev–Trinajstić information content (AvgIpc) is 3.19. The van der Waals surface area contributed by atoms with Crippen LogP contribution >= 0.6 is 0 Å². The largest absolute Gasteiger partial charge is 0.509 e. The summed E-state index contributed by atoms with van der Waals surface area (Å²) in [7, 11) is 5.45. The molecular weight excluding hydrogens is 520 g/mol. The number of ether oxygens (including phenoxy) is 4. The quantitative estimate of drug-likeness (QED) is 0.232. The molecule has 0 spiro atoms. The number of fused-ring (bicyclic) bond motifs is 1. The van der Waals surface area contributed by atoms with Crippen molar-refractivity contribution in [3.05, 3.63) is 48.9 Å². The van der Waals surface area contributed by atoms with Gasteiger partial charge >= 0.3 is 0 Å². The number of aliphatic hydroxyl groups excluding tert-OH is 2. The number of aromatic hydroxyl groups is 1. The molecular formula is C30H28O10. The van der Waals surface area contributed by atoms with Crippen LogP contribution in [0.15, 0.2) is 21.7 Å². The number of phenols is 1. The zero-order valence-corrected chi connectivity index (χ0v) is 22.8. The zero-order valence-electron chi connectivity index (χ0n) is 22.8. The fraction of sp³-hybridized carbons (Fsp3) is 0.367. The molecule has 4 atom stereocenters. The number of ketones is 1. The maximum Gasteiger partial charge on any atom is 0.194 e. The van der Waals surface area contributed by atoms with Crippen LogP contribution in [0.25, 0.3) is 38.1 Å². The van der Waals surface area contributed by atoms with Crippen LogP contribution in [0.4, 0.5) is 0 Å². The van der Waals surface area contributed by atoms with Gasteiger partial charge in [-0.25, -0.2) is 0 Å². The molecule has 2 aliphatic rings. The van der Waals surface area contributed by atoms with E-state index in [4.69, 9.17) is 18.9 Å². The van der Waals surface area contributed by atoms with Gasteiger partial charge in [0.25, 0.3) is 0 Å². The second-order valence-electron chi connectivity index (χ2n) is 10.6. The molecule has 0 saturated heterocycles. The van der Waals surface area contributed by atoms with Gasteiger partial charge in [0.05, 0.1) is 44.0 Å². The number of hydrogen-bond donors (Lipinski definition) is 3. The fourth-order valence-electron chi connectivity index (χ4n) is 7.66. The Kier molecular flexibility index (Phi) is 5.49. The van der Waals surface area contributed by atoms with Crippen molar-refractivity contribution < 1.29 is 39.1 Å². The molecule has 0 fully saturated rings. The van der Waals surface area contributed by atoms with E-state index < -0.39 is 45.9 Å². The summed E-state index contributed by atoms with van der Waals surface area (Å²) >= 11 is 0.